The van der Waals surface area contributed by atoms with Crippen LogP contribution in [0.5, 0.6) is 5.75 Å². The van der Waals surface area contributed by atoms with E-state index in [0.717, 1.165) is 16.9 Å². The molecule has 4 heteroatoms. The largest absolute Gasteiger partial charge is 0.497 e. The Kier molecular flexibility index (Phi) is 2.63. The van der Waals surface area contributed by atoms with E-state index in [1.807, 2.05) is 49.6 Å². The summed E-state index contributed by atoms with van der Waals surface area (Å²) < 4.78 is 12.2. The number of hydrogen-bond acceptors (Lipinski definition) is 3. The number of nitrogens with zero attached hydrogens (tertiary/aromatic N) is 1. The van der Waals surface area contributed by atoms with Crippen molar-refractivity contribution < 1.29 is 9.15 Å². The summed E-state index contributed by atoms with van der Waals surface area (Å²) >= 11 is 0. The maximum atomic E-state index is 11.9. The molecule has 19 heavy (non-hydrogen) atoms. The van der Waals surface area contributed by atoms with Crippen molar-refractivity contribution in [1.29, 1.82) is 0 Å². The number of methoxy groups -OCH3 is 1. The van der Waals surface area contributed by atoms with Gasteiger partial charge in [0.1, 0.15) is 11.3 Å². The molecule has 4 nitrogen and oxygen atoms in total. The standard InChI is InChI=1S/C15H13NO3/c1-10-7-13-15(17)19-14(9-16(13)8-10)11-3-5-12(18-2)6-4-11/h3-9H,1-2H3. The van der Waals surface area contributed by atoms with Gasteiger partial charge in [0.05, 0.1) is 13.3 Å². The number of hydrogen-bond donors (Lipinski definition) is 0. The van der Waals surface area contributed by atoms with E-state index in [1.165, 1.54) is 0 Å². The number of benzene rings is 1. The molecule has 1 aromatic carbocycles. The minimum absolute atomic E-state index is 0.332. The molecule has 0 atom stereocenters. The topological polar surface area (TPSA) is 43.9 Å². The highest BCUT2D eigenvalue weighted by Crippen LogP contribution is 2.22. The van der Waals surface area contributed by atoms with Crippen molar-refractivity contribution in [2.45, 2.75) is 6.92 Å². The van der Waals surface area contributed by atoms with Crippen LogP contribution in [0.3, 0.4) is 0 Å². The van der Waals surface area contributed by atoms with E-state index in [0.29, 0.717) is 11.3 Å². The summed E-state index contributed by atoms with van der Waals surface area (Å²) in [4.78, 5) is 11.9. The smallest absolute Gasteiger partial charge is 0.360 e. The van der Waals surface area contributed by atoms with E-state index >= 15 is 0 Å². The van der Waals surface area contributed by atoms with Crippen LogP contribution in [0.2, 0.25) is 0 Å². The average Bonchev–Trinajstić information content (AvgIpc) is 2.80. The summed E-state index contributed by atoms with van der Waals surface area (Å²) in [5, 5.41) is 0. The fourth-order valence-corrected chi connectivity index (χ4v) is 2.08. The van der Waals surface area contributed by atoms with E-state index in [1.54, 1.807) is 11.5 Å². The first-order valence-electron chi connectivity index (χ1n) is 5.94. The normalized spacial score (nSPS) is 10.8. The third kappa shape index (κ3) is 2.01. The van der Waals surface area contributed by atoms with Crippen molar-refractivity contribution in [1.82, 2.24) is 4.40 Å². The zero-order chi connectivity index (χ0) is 13.4. The van der Waals surface area contributed by atoms with Crippen molar-refractivity contribution >= 4 is 5.52 Å². The summed E-state index contributed by atoms with van der Waals surface area (Å²) in [6, 6.07) is 9.20. The molecule has 2 aromatic heterocycles. The van der Waals surface area contributed by atoms with Crippen LogP contribution >= 0.6 is 0 Å². The molecule has 2 heterocycles. The molecule has 0 aliphatic carbocycles. The second kappa shape index (κ2) is 4.31. The molecule has 0 amide bonds. The van der Waals surface area contributed by atoms with Crippen molar-refractivity contribution in [3.8, 4) is 17.1 Å². The number of ether oxygens (including phenoxy) is 1. The lowest BCUT2D eigenvalue weighted by molar-refractivity contribution is 0.415. The fraction of sp³-hybridized carbons (Fsp3) is 0.133. The Morgan fingerprint density at radius 3 is 2.58 bits per heavy atom. The van der Waals surface area contributed by atoms with Crippen molar-refractivity contribution in [2.24, 2.45) is 0 Å². The maximum absolute atomic E-state index is 11.9. The van der Waals surface area contributed by atoms with Gasteiger partial charge in [-0.05, 0) is 42.8 Å². The molecule has 0 saturated heterocycles. The Morgan fingerprint density at radius 1 is 1.16 bits per heavy atom. The second-order valence-corrected chi connectivity index (χ2v) is 4.42. The third-order valence-electron chi connectivity index (χ3n) is 3.03. The quantitative estimate of drug-likeness (QED) is 0.707. The van der Waals surface area contributed by atoms with E-state index in [9.17, 15) is 4.79 Å². The highest BCUT2D eigenvalue weighted by molar-refractivity contribution is 5.59. The molecule has 0 bridgehead atoms. The molecule has 0 spiro atoms. The van der Waals surface area contributed by atoms with Gasteiger partial charge in [-0.3, -0.25) is 0 Å². The minimum atomic E-state index is -0.332. The monoisotopic (exact) mass is 255 g/mol. The first-order chi connectivity index (χ1) is 9.17. The highest BCUT2D eigenvalue weighted by Gasteiger charge is 2.07. The number of aromatic nitrogens is 1. The number of fused-ring (bicyclic) bond motifs is 1. The molecule has 0 unspecified atom stereocenters. The second-order valence-electron chi connectivity index (χ2n) is 4.42. The van der Waals surface area contributed by atoms with E-state index in [2.05, 4.69) is 0 Å². The Bertz CT molecular complexity index is 781. The fourth-order valence-electron chi connectivity index (χ4n) is 2.08. The lowest BCUT2D eigenvalue weighted by Gasteiger charge is -2.03. The van der Waals surface area contributed by atoms with Gasteiger partial charge in [0, 0.05) is 11.8 Å². The van der Waals surface area contributed by atoms with Crippen molar-refractivity contribution in [2.75, 3.05) is 7.11 Å². The van der Waals surface area contributed by atoms with Gasteiger partial charge in [0.25, 0.3) is 0 Å². The van der Waals surface area contributed by atoms with Crippen molar-refractivity contribution in [3.63, 3.8) is 0 Å². The summed E-state index contributed by atoms with van der Waals surface area (Å²) in [6.45, 7) is 1.94. The predicted octanol–water partition coefficient (Wildman–Crippen LogP) is 2.88. The molecular weight excluding hydrogens is 242 g/mol. The molecule has 96 valence electrons. The summed E-state index contributed by atoms with van der Waals surface area (Å²) in [5.74, 6) is 1.31. The molecule has 3 rings (SSSR count). The van der Waals surface area contributed by atoms with Gasteiger partial charge in [-0.15, -0.1) is 0 Å². The third-order valence-corrected chi connectivity index (χ3v) is 3.03. The van der Waals surface area contributed by atoms with Crippen LogP contribution in [0, 0.1) is 6.92 Å². The Balaban J connectivity index is 2.16. The average molecular weight is 255 g/mol. The van der Waals surface area contributed by atoms with Crippen LogP contribution in [0.15, 0.2) is 51.9 Å². The van der Waals surface area contributed by atoms with Crippen LogP contribution < -0.4 is 10.4 Å². The van der Waals surface area contributed by atoms with Gasteiger partial charge in [0.15, 0.2) is 5.76 Å². The number of rotatable bonds is 2. The van der Waals surface area contributed by atoms with Gasteiger partial charge >= 0.3 is 5.63 Å². The van der Waals surface area contributed by atoms with E-state index in [4.69, 9.17) is 9.15 Å². The number of aryl methyl sites for hydroxylation is 1. The molecule has 0 aliphatic rings. The van der Waals surface area contributed by atoms with Gasteiger partial charge in [0.2, 0.25) is 0 Å². The van der Waals surface area contributed by atoms with Gasteiger partial charge in [-0.25, -0.2) is 4.79 Å². The first-order valence-corrected chi connectivity index (χ1v) is 5.94. The molecule has 0 saturated carbocycles. The zero-order valence-electron chi connectivity index (χ0n) is 10.7. The molecule has 0 aliphatic heterocycles. The van der Waals surface area contributed by atoms with Crippen LogP contribution in [0.25, 0.3) is 16.8 Å². The van der Waals surface area contributed by atoms with E-state index < -0.39 is 0 Å². The lowest BCUT2D eigenvalue weighted by Crippen LogP contribution is -2.03. The molecule has 0 fully saturated rings. The summed E-state index contributed by atoms with van der Waals surface area (Å²) in [5.41, 5.74) is 2.08. The molecule has 0 radical (unpaired) electrons. The van der Waals surface area contributed by atoms with Gasteiger partial charge in [-0.1, -0.05) is 0 Å². The Morgan fingerprint density at radius 2 is 1.89 bits per heavy atom. The first kappa shape index (κ1) is 11.6. The molecule has 0 N–H and O–H groups in total. The van der Waals surface area contributed by atoms with E-state index in [-0.39, 0.29) is 5.63 Å². The summed E-state index contributed by atoms with van der Waals surface area (Å²) in [6.07, 6.45) is 3.71. The van der Waals surface area contributed by atoms with Crippen LogP contribution in [0.1, 0.15) is 5.56 Å². The zero-order valence-corrected chi connectivity index (χ0v) is 10.7. The highest BCUT2D eigenvalue weighted by atomic mass is 16.5. The SMILES string of the molecule is COc1ccc(-c2cn3cc(C)cc3c(=O)o2)cc1. The Hall–Kier alpha value is -2.49. The summed E-state index contributed by atoms with van der Waals surface area (Å²) in [7, 11) is 1.61. The van der Waals surface area contributed by atoms with Crippen LogP contribution in [0.4, 0.5) is 0 Å². The van der Waals surface area contributed by atoms with Crippen LogP contribution in [-0.2, 0) is 0 Å². The van der Waals surface area contributed by atoms with Gasteiger partial charge in [-0.2, -0.15) is 0 Å². The molecule has 3 aromatic rings. The minimum Gasteiger partial charge on any atom is -0.497 e. The van der Waals surface area contributed by atoms with Crippen molar-refractivity contribution in [3.05, 3.63) is 58.7 Å². The van der Waals surface area contributed by atoms with Crippen LogP contribution in [-0.4, -0.2) is 11.5 Å². The molecular formula is C15H13NO3. The lowest BCUT2D eigenvalue weighted by atomic mass is 10.2. The predicted molar refractivity (Wildman–Crippen MR) is 72.7 cm³/mol. The van der Waals surface area contributed by atoms with Gasteiger partial charge < -0.3 is 13.6 Å². The Labute approximate surface area is 109 Å². The maximum Gasteiger partial charge on any atom is 0.360 e.